The van der Waals surface area contributed by atoms with Crippen LogP contribution < -0.4 is 14.4 Å². The number of thiophene rings is 1. The fraction of sp³-hybridized carbons (Fsp3) is 0.0952. The summed E-state index contributed by atoms with van der Waals surface area (Å²) < 4.78 is 32.6. The molecule has 4 aromatic rings. The van der Waals surface area contributed by atoms with Crippen molar-refractivity contribution >= 4 is 48.9 Å². The van der Waals surface area contributed by atoms with Gasteiger partial charge in [-0.2, -0.15) is 0 Å². The molecule has 0 radical (unpaired) electrons. The first-order valence-corrected chi connectivity index (χ1v) is 11.5. The molecular formula is C21H18N4O4S2. The van der Waals surface area contributed by atoms with Crippen LogP contribution in [0.1, 0.15) is 0 Å². The van der Waals surface area contributed by atoms with Crippen LogP contribution in [-0.2, 0) is 14.8 Å². The topological polar surface area (TPSA) is 101 Å². The van der Waals surface area contributed by atoms with Gasteiger partial charge in [-0.05, 0) is 41.8 Å². The van der Waals surface area contributed by atoms with Crippen LogP contribution in [0.25, 0.3) is 10.2 Å². The molecule has 0 aliphatic heterocycles. The number of fused-ring (bicyclic) bond motifs is 1. The first-order chi connectivity index (χ1) is 14.9. The zero-order valence-electron chi connectivity index (χ0n) is 16.4. The minimum atomic E-state index is -3.79. The highest BCUT2D eigenvalue weighted by molar-refractivity contribution is 7.92. The maximum atomic E-state index is 13.0. The predicted octanol–water partition coefficient (Wildman–Crippen LogP) is 3.53. The molecule has 8 nitrogen and oxygen atoms in total. The largest absolute Gasteiger partial charge is 0.467 e. The lowest BCUT2D eigenvalue weighted by atomic mass is 10.3. The van der Waals surface area contributed by atoms with Crippen LogP contribution in [0.3, 0.4) is 0 Å². The van der Waals surface area contributed by atoms with E-state index in [1.54, 1.807) is 36.4 Å². The fourth-order valence-corrected chi connectivity index (χ4v) is 4.85. The number of hydrogen-bond donors (Lipinski definition) is 1. The van der Waals surface area contributed by atoms with Crippen molar-refractivity contribution in [3.8, 4) is 5.88 Å². The molecule has 0 aliphatic rings. The Balaban J connectivity index is 1.45. The number of hydrogen-bond acceptors (Lipinski definition) is 7. The second-order valence-corrected chi connectivity index (χ2v) is 9.35. The van der Waals surface area contributed by atoms with E-state index in [2.05, 4.69) is 15.3 Å². The van der Waals surface area contributed by atoms with Crippen molar-refractivity contribution in [1.82, 2.24) is 9.97 Å². The molecule has 4 rings (SSSR count). The third-order valence-electron chi connectivity index (χ3n) is 4.46. The Morgan fingerprint density at radius 2 is 1.90 bits per heavy atom. The van der Waals surface area contributed by atoms with E-state index in [1.807, 2.05) is 17.5 Å². The molecule has 1 N–H and O–H groups in total. The molecule has 0 unspecified atom stereocenters. The molecule has 0 saturated carbocycles. The van der Waals surface area contributed by atoms with Crippen molar-refractivity contribution in [1.29, 1.82) is 0 Å². The summed E-state index contributed by atoms with van der Waals surface area (Å²) in [6.45, 7) is -0.275. The number of para-hydroxylation sites is 1. The number of carbonyl (C=O) groups excluding carboxylic acids is 1. The SMILES string of the molecule is CN(c1ccccc1)S(=O)(=O)c1cccc(NC(=O)COc2ncnc3sccc23)c1. The Morgan fingerprint density at radius 1 is 1.10 bits per heavy atom. The van der Waals surface area contributed by atoms with Crippen molar-refractivity contribution < 1.29 is 17.9 Å². The van der Waals surface area contributed by atoms with Gasteiger partial charge in [0, 0.05) is 12.7 Å². The van der Waals surface area contributed by atoms with E-state index in [0.717, 1.165) is 10.2 Å². The van der Waals surface area contributed by atoms with Crippen LogP contribution >= 0.6 is 11.3 Å². The molecule has 1 amide bonds. The van der Waals surface area contributed by atoms with Crippen LogP contribution in [0.15, 0.2) is 77.3 Å². The van der Waals surface area contributed by atoms with Gasteiger partial charge in [-0.1, -0.05) is 24.3 Å². The number of nitrogens with zero attached hydrogens (tertiary/aromatic N) is 3. The van der Waals surface area contributed by atoms with E-state index in [1.165, 1.54) is 41.1 Å². The molecule has 2 aromatic carbocycles. The maximum absolute atomic E-state index is 13.0. The van der Waals surface area contributed by atoms with Crippen LogP contribution in [0, 0.1) is 0 Å². The second kappa shape index (κ2) is 8.70. The van der Waals surface area contributed by atoms with Crippen molar-refractivity contribution in [3.63, 3.8) is 0 Å². The Kier molecular flexibility index (Phi) is 5.83. The highest BCUT2D eigenvalue weighted by Crippen LogP contribution is 2.26. The van der Waals surface area contributed by atoms with Crippen LogP contribution in [-0.4, -0.2) is 37.9 Å². The summed E-state index contributed by atoms with van der Waals surface area (Å²) in [5.74, 6) is -0.116. The molecule has 2 heterocycles. The minimum absolute atomic E-state index is 0.0633. The standard InChI is InChI=1S/C21H18N4O4S2/c1-25(16-7-3-2-4-8-16)31(27,28)17-9-5-6-15(12-17)24-19(26)13-29-20-18-10-11-30-21(18)23-14-22-20/h2-12,14H,13H2,1H3,(H,24,26). The first-order valence-electron chi connectivity index (χ1n) is 9.20. The van der Waals surface area contributed by atoms with Gasteiger partial charge in [-0.3, -0.25) is 9.10 Å². The molecular weight excluding hydrogens is 436 g/mol. The molecule has 0 atom stereocenters. The van der Waals surface area contributed by atoms with Gasteiger partial charge in [0.25, 0.3) is 15.9 Å². The Morgan fingerprint density at radius 3 is 2.71 bits per heavy atom. The second-order valence-electron chi connectivity index (χ2n) is 6.49. The van der Waals surface area contributed by atoms with Crippen molar-refractivity contribution in [3.05, 3.63) is 72.4 Å². The number of carbonyl (C=O) groups is 1. The zero-order chi connectivity index (χ0) is 21.8. The van der Waals surface area contributed by atoms with Gasteiger partial charge < -0.3 is 10.1 Å². The third kappa shape index (κ3) is 4.49. The maximum Gasteiger partial charge on any atom is 0.264 e. The lowest BCUT2D eigenvalue weighted by molar-refractivity contribution is -0.118. The van der Waals surface area contributed by atoms with Crippen molar-refractivity contribution in [2.45, 2.75) is 4.90 Å². The average Bonchev–Trinajstić information content (AvgIpc) is 3.27. The molecule has 0 fully saturated rings. The van der Waals surface area contributed by atoms with Gasteiger partial charge in [0.2, 0.25) is 5.88 Å². The molecule has 0 aliphatic carbocycles. The van der Waals surface area contributed by atoms with Crippen molar-refractivity contribution in [2.75, 3.05) is 23.3 Å². The Bertz CT molecular complexity index is 1320. The molecule has 31 heavy (non-hydrogen) atoms. The number of rotatable bonds is 7. The van der Waals surface area contributed by atoms with Crippen LogP contribution in [0.4, 0.5) is 11.4 Å². The summed E-state index contributed by atoms with van der Waals surface area (Å²) in [7, 11) is -2.31. The van der Waals surface area contributed by atoms with E-state index in [0.29, 0.717) is 17.3 Å². The van der Waals surface area contributed by atoms with E-state index in [4.69, 9.17) is 4.74 Å². The highest BCUT2D eigenvalue weighted by Gasteiger charge is 2.21. The van der Waals surface area contributed by atoms with Crippen molar-refractivity contribution in [2.24, 2.45) is 0 Å². The Labute approximate surface area is 183 Å². The number of sulfonamides is 1. The summed E-state index contributed by atoms with van der Waals surface area (Å²) in [5.41, 5.74) is 0.884. The monoisotopic (exact) mass is 454 g/mol. The lowest BCUT2D eigenvalue weighted by Crippen LogP contribution is -2.26. The normalized spacial score (nSPS) is 11.3. The number of benzene rings is 2. The quantitative estimate of drug-likeness (QED) is 0.458. The predicted molar refractivity (Wildman–Crippen MR) is 120 cm³/mol. The smallest absolute Gasteiger partial charge is 0.264 e. The molecule has 0 bridgehead atoms. The number of nitrogens with one attached hydrogen (secondary N) is 1. The summed E-state index contributed by atoms with van der Waals surface area (Å²) in [6.07, 6.45) is 1.38. The molecule has 0 spiro atoms. The molecule has 10 heteroatoms. The van der Waals surface area contributed by atoms with Gasteiger partial charge in [0.15, 0.2) is 6.61 Å². The van der Waals surface area contributed by atoms with Crippen LogP contribution in [0.5, 0.6) is 5.88 Å². The number of ether oxygens (including phenoxy) is 1. The fourth-order valence-electron chi connectivity index (χ4n) is 2.88. The summed E-state index contributed by atoms with van der Waals surface area (Å²) in [5, 5.41) is 5.26. The van der Waals surface area contributed by atoms with Gasteiger partial charge in [0.1, 0.15) is 11.2 Å². The Hall–Kier alpha value is -3.50. The highest BCUT2D eigenvalue weighted by atomic mass is 32.2. The minimum Gasteiger partial charge on any atom is -0.467 e. The molecule has 2 aromatic heterocycles. The van der Waals surface area contributed by atoms with Crippen LogP contribution in [0.2, 0.25) is 0 Å². The van der Waals surface area contributed by atoms with E-state index in [-0.39, 0.29) is 11.5 Å². The van der Waals surface area contributed by atoms with E-state index >= 15 is 0 Å². The number of anilines is 2. The van der Waals surface area contributed by atoms with Gasteiger partial charge >= 0.3 is 0 Å². The lowest BCUT2D eigenvalue weighted by Gasteiger charge is -2.19. The summed E-state index contributed by atoms with van der Waals surface area (Å²) >= 11 is 1.45. The summed E-state index contributed by atoms with van der Waals surface area (Å²) in [4.78, 5) is 21.4. The average molecular weight is 455 g/mol. The zero-order valence-corrected chi connectivity index (χ0v) is 18.1. The van der Waals surface area contributed by atoms with E-state index in [9.17, 15) is 13.2 Å². The third-order valence-corrected chi connectivity index (χ3v) is 7.06. The number of amides is 1. The van der Waals surface area contributed by atoms with Gasteiger partial charge in [-0.25, -0.2) is 18.4 Å². The van der Waals surface area contributed by atoms with Gasteiger partial charge in [-0.15, -0.1) is 11.3 Å². The molecule has 158 valence electrons. The first kappa shape index (κ1) is 20.8. The summed E-state index contributed by atoms with van der Waals surface area (Å²) in [6, 6.07) is 16.7. The van der Waals surface area contributed by atoms with E-state index < -0.39 is 15.9 Å². The number of aromatic nitrogens is 2. The molecule has 0 saturated heterocycles. The van der Waals surface area contributed by atoms with Gasteiger partial charge in [0.05, 0.1) is 16.0 Å².